The van der Waals surface area contributed by atoms with Crippen molar-refractivity contribution in [1.29, 1.82) is 0 Å². The van der Waals surface area contributed by atoms with Gasteiger partial charge in [-0.1, -0.05) is 5.21 Å². The molecule has 3 rings (SSSR count). The van der Waals surface area contributed by atoms with Gasteiger partial charge < -0.3 is 14.7 Å². The number of likely N-dealkylation sites (N-methyl/N-ethyl adjacent to an activating group) is 1. The molecule has 0 saturated carbocycles. The van der Waals surface area contributed by atoms with Crippen molar-refractivity contribution in [2.45, 2.75) is 39.8 Å². The number of carbonyl (C=O) groups excluding carboxylic acids is 1. The first-order chi connectivity index (χ1) is 13.3. The second-order valence-electron chi connectivity index (χ2n) is 7.64. The Morgan fingerprint density at radius 1 is 1.29 bits per heavy atom. The van der Waals surface area contributed by atoms with E-state index in [1.165, 1.54) is 0 Å². The van der Waals surface area contributed by atoms with Crippen molar-refractivity contribution in [3.05, 3.63) is 29.0 Å². The Hall–Kier alpha value is -2.55. The number of hydrogen-bond acceptors (Lipinski definition) is 7. The van der Waals surface area contributed by atoms with Gasteiger partial charge in [-0.2, -0.15) is 0 Å². The average Bonchev–Trinajstić information content (AvgIpc) is 3.30. The van der Waals surface area contributed by atoms with E-state index >= 15 is 0 Å². The predicted molar refractivity (Wildman–Crippen MR) is 107 cm³/mol. The minimum atomic E-state index is -0.180. The molecule has 0 spiro atoms. The number of nitrogens with zero attached hydrogens (tertiary/aromatic N) is 8. The summed E-state index contributed by atoms with van der Waals surface area (Å²) in [6.07, 6.45) is 2.90. The molecular weight excluding hydrogens is 356 g/mol. The lowest BCUT2D eigenvalue weighted by Crippen LogP contribution is -2.34. The highest BCUT2D eigenvalue weighted by molar-refractivity contribution is 5.91. The van der Waals surface area contributed by atoms with Crippen LogP contribution in [0, 0.1) is 13.8 Å². The minimum absolute atomic E-state index is 0.180. The fourth-order valence-electron chi connectivity index (χ4n) is 3.50. The Bertz CT molecular complexity index is 846. The first-order valence-electron chi connectivity index (χ1n) is 9.71. The predicted octanol–water partition coefficient (Wildman–Crippen LogP) is 1.02. The largest absolute Gasteiger partial charge is 0.355 e. The standard InChI is InChI=1S/C19H30N8O/c1-7-26(11-15-10-25(6)23-22-15)19(28)17-20-14(3)13(2)18(21-17)27-9-8-16(12-27)24(4)5/h10,16H,7-9,11-12H2,1-6H3/t16-/m1/s1. The van der Waals surface area contributed by atoms with Gasteiger partial charge in [-0.15, -0.1) is 5.10 Å². The lowest BCUT2D eigenvalue weighted by atomic mass is 10.2. The van der Waals surface area contributed by atoms with E-state index in [0.717, 1.165) is 42.3 Å². The Kier molecular flexibility index (Phi) is 5.93. The molecule has 1 saturated heterocycles. The van der Waals surface area contributed by atoms with Crippen LogP contribution in [-0.4, -0.2) is 80.4 Å². The summed E-state index contributed by atoms with van der Waals surface area (Å²) >= 11 is 0. The van der Waals surface area contributed by atoms with Crippen molar-refractivity contribution < 1.29 is 4.79 Å². The van der Waals surface area contributed by atoms with Crippen molar-refractivity contribution in [3.8, 4) is 0 Å². The topological polar surface area (TPSA) is 83.3 Å². The maximum atomic E-state index is 13.1. The third-order valence-electron chi connectivity index (χ3n) is 5.42. The van der Waals surface area contributed by atoms with E-state index in [-0.39, 0.29) is 11.7 Å². The molecule has 1 aliphatic heterocycles. The van der Waals surface area contributed by atoms with Crippen LogP contribution in [0.1, 0.15) is 40.9 Å². The summed E-state index contributed by atoms with van der Waals surface area (Å²) in [5.74, 6) is 0.939. The molecule has 1 aliphatic rings. The fraction of sp³-hybridized carbons (Fsp3) is 0.632. The second kappa shape index (κ2) is 8.22. The average molecular weight is 387 g/mol. The van der Waals surface area contributed by atoms with Gasteiger partial charge in [-0.3, -0.25) is 9.48 Å². The summed E-state index contributed by atoms with van der Waals surface area (Å²) in [6, 6.07) is 0.498. The van der Waals surface area contributed by atoms with Crippen LogP contribution in [0.5, 0.6) is 0 Å². The molecule has 0 radical (unpaired) electrons. The second-order valence-corrected chi connectivity index (χ2v) is 7.64. The molecule has 152 valence electrons. The van der Waals surface area contributed by atoms with Crippen molar-refractivity contribution in [3.63, 3.8) is 0 Å². The Labute approximate surface area is 166 Å². The zero-order valence-electron chi connectivity index (χ0n) is 17.7. The normalized spacial score (nSPS) is 16.8. The highest BCUT2D eigenvalue weighted by Gasteiger charge is 2.28. The molecule has 0 aliphatic carbocycles. The molecule has 0 N–H and O–H groups in total. The van der Waals surface area contributed by atoms with Crippen LogP contribution in [0.3, 0.4) is 0 Å². The maximum absolute atomic E-state index is 13.1. The van der Waals surface area contributed by atoms with E-state index < -0.39 is 0 Å². The lowest BCUT2D eigenvalue weighted by Gasteiger charge is -2.24. The number of carbonyl (C=O) groups is 1. The van der Waals surface area contributed by atoms with Crippen LogP contribution >= 0.6 is 0 Å². The minimum Gasteiger partial charge on any atom is -0.355 e. The van der Waals surface area contributed by atoms with Crippen LogP contribution in [0.25, 0.3) is 0 Å². The van der Waals surface area contributed by atoms with Gasteiger partial charge in [0, 0.05) is 50.2 Å². The van der Waals surface area contributed by atoms with E-state index in [9.17, 15) is 4.79 Å². The number of amides is 1. The van der Waals surface area contributed by atoms with Gasteiger partial charge >= 0.3 is 0 Å². The zero-order valence-corrected chi connectivity index (χ0v) is 17.7. The maximum Gasteiger partial charge on any atom is 0.292 e. The van der Waals surface area contributed by atoms with E-state index in [2.05, 4.69) is 44.2 Å². The van der Waals surface area contributed by atoms with Crippen LogP contribution < -0.4 is 4.90 Å². The van der Waals surface area contributed by atoms with E-state index in [4.69, 9.17) is 0 Å². The molecule has 2 aromatic rings. The Morgan fingerprint density at radius 2 is 2.04 bits per heavy atom. The molecule has 0 bridgehead atoms. The molecule has 2 aromatic heterocycles. The summed E-state index contributed by atoms with van der Waals surface area (Å²) in [5.41, 5.74) is 2.63. The third kappa shape index (κ3) is 4.14. The number of hydrogen-bond donors (Lipinski definition) is 0. The lowest BCUT2D eigenvalue weighted by molar-refractivity contribution is 0.0738. The Balaban J connectivity index is 1.85. The number of rotatable bonds is 6. The summed E-state index contributed by atoms with van der Waals surface area (Å²) in [7, 11) is 6.02. The molecule has 28 heavy (non-hydrogen) atoms. The van der Waals surface area contributed by atoms with Gasteiger partial charge in [0.15, 0.2) is 0 Å². The van der Waals surface area contributed by atoms with E-state index in [1.54, 1.807) is 9.58 Å². The molecule has 1 amide bonds. The van der Waals surface area contributed by atoms with Crippen LogP contribution in [0.4, 0.5) is 5.82 Å². The number of aromatic nitrogens is 5. The van der Waals surface area contributed by atoms with E-state index in [1.807, 2.05) is 34.0 Å². The van der Waals surface area contributed by atoms with Crippen LogP contribution in [0.15, 0.2) is 6.20 Å². The molecule has 3 heterocycles. The van der Waals surface area contributed by atoms with Gasteiger partial charge in [-0.05, 0) is 41.3 Å². The first kappa shape index (κ1) is 20.2. The molecule has 1 atom stereocenters. The molecule has 9 heteroatoms. The zero-order chi connectivity index (χ0) is 20.4. The quantitative estimate of drug-likeness (QED) is 0.733. The van der Waals surface area contributed by atoms with Crippen LogP contribution in [0.2, 0.25) is 0 Å². The smallest absolute Gasteiger partial charge is 0.292 e. The van der Waals surface area contributed by atoms with Crippen molar-refractivity contribution in [2.24, 2.45) is 7.05 Å². The van der Waals surface area contributed by atoms with E-state index in [0.29, 0.717) is 19.1 Å². The molecule has 0 aromatic carbocycles. The van der Waals surface area contributed by atoms with Crippen molar-refractivity contribution in [2.75, 3.05) is 38.6 Å². The summed E-state index contributed by atoms with van der Waals surface area (Å²) in [6.45, 7) is 8.70. The van der Waals surface area contributed by atoms with Gasteiger partial charge in [0.05, 0.1) is 6.54 Å². The summed E-state index contributed by atoms with van der Waals surface area (Å²) < 4.78 is 1.63. The van der Waals surface area contributed by atoms with Crippen molar-refractivity contribution >= 4 is 11.7 Å². The number of anilines is 1. The molecule has 9 nitrogen and oxygen atoms in total. The first-order valence-corrected chi connectivity index (χ1v) is 9.71. The van der Waals surface area contributed by atoms with Gasteiger partial charge in [0.2, 0.25) is 5.82 Å². The number of aryl methyl sites for hydroxylation is 2. The SMILES string of the molecule is CCN(Cc1cn(C)nn1)C(=O)c1nc(C)c(C)c(N2CC[C@@H](N(C)C)C2)n1. The highest BCUT2D eigenvalue weighted by atomic mass is 16.2. The van der Waals surface area contributed by atoms with Crippen LogP contribution in [-0.2, 0) is 13.6 Å². The fourth-order valence-corrected chi connectivity index (χ4v) is 3.50. The van der Waals surface area contributed by atoms with Gasteiger partial charge in [0.25, 0.3) is 5.91 Å². The monoisotopic (exact) mass is 386 g/mol. The Morgan fingerprint density at radius 3 is 2.61 bits per heavy atom. The summed E-state index contributed by atoms with van der Waals surface area (Å²) in [4.78, 5) is 28.5. The third-order valence-corrected chi connectivity index (χ3v) is 5.42. The van der Waals surface area contributed by atoms with Gasteiger partial charge in [0.1, 0.15) is 11.5 Å². The molecule has 0 unspecified atom stereocenters. The highest BCUT2D eigenvalue weighted by Crippen LogP contribution is 2.25. The van der Waals surface area contributed by atoms with Gasteiger partial charge in [-0.25, -0.2) is 9.97 Å². The summed E-state index contributed by atoms with van der Waals surface area (Å²) in [5, 5.41) is 8.02. The molecule has 1 fully saturated rings. The van der Waals surface area contributed by atoms with Crippen molar-refractivity contribution in [1.82, 2.24) is 34.8 Å². The molecular formula is C19H30N8O.